The standard InChI is InChI=1S/C32H31ClN6O.2C2N3.2C2H3N.2Cu.F6P/c33-27-17-25(19-38(21-28-9-1-5-13-34-28)22-29-10-2-6-14-35-29)32(40)26(18-27)20-39(23-30-11-3-7-15-36-30)24-31-12-4-8-16-37-31;2*3-1-5-2-4;2*1-2-3;;;1-7(2,3,4,5)6/h1-18,40H,19-24H2;;;2*1H3;;;/q;2*-1;;;2*+2;-1/p-1. The maximum absolute atomic E-state index is 13.8. The Bertz CT molecular complexity index is 2140. The Morgan fingerprint density at radius 1 is 0.569 bits per heavy atom. The molecule has 4 heterocycles. The number of benzene rings is 1. The number of nitrogens with zero attached hydrogens (tertiary/aromatic N) is 14. The molecule has 5 aromatic rings. The maximum atomic E-state index is 13.8. The molecule has 15 nitrogen and oxygen atoms in total. The van der Waals surface area contributed by atoms with Gasteiger partial charge >= 0.3 is 67.1 Å². The van der Waals surface area contributed by atoms with Gasteiger partial charge in [0.25, 0.3) is 0 Å². The van der Waals surface area contributed by atoms with E-state index < -0.39 is 7.81 Å². The van der Waals surface area contributed by atoms with Gasteiger partial charge in [-0.25, -0.2) is 0 Å². The van der Waals surface area contributed by atoms with E-state index in [1.165, 1.54) is 38.3 Å². The van der Waals surface area contributed by atoms with E-state index in [0.717, 1.165) is 22.8 Å². The zero-order valence-electron chi connectivity index (χ0n) is 34.0. The van der Waals surface area contributed by atoms with Crippen LogP contribution in [0.5, 0.6) is 5.75 Å². The van der Waals surface area contributed by atoms with Gasteiger partial charge in [0, 0.05) is 82.9 Å². The minimum absolute atomic E-state index is 0. The van der Waals surface area contributed by atoms with Gasteiger partial charge in [-0.2, -0.15) is 21.0 Å². The largest absolute Gasteiger partial charge is 2.00 e. The first-order chi connectivity index (χ1) is 29.7. The van der Waals surface area contributed by atoms with Crippen LogP contribution >= 0.6 is 19.4 Å². The zero-order valence-corrected chi connectivity index (χ0v) is 37.5. The number of pyridine rings is 4. The van der Waals surface area contributed by atoms with Crippen molar-refractivity contribution in [3.05, 3.63) is 159 Å². The molecule has 0 saturated heterocycles. The van der Waals surface area contributed by atoms with Crippen LogP contribution in [0.1, 0.15) is 47.8 Å². The van der Waals surface area contributed by atoms with Crippen molar-refractivity contribution in [2.75, 3.05) is 0 Å². The minimum Gasteiger partial charge on any atom is -0.872 e. The number of hydrogen-bond donors (Lipinski definition) is 0. The summed E-state index contributed by atoms with van der Waals surface area (Å²) in [6.45, 7) is 5.99. The van der Waals surface area contributed by atoms with Crippen molar-refractivity contribution in [3.8, 4) is 30.3 Å². The molecule has 1 aromatic carbocycles. The van der Waals surface area contributed by atoms with E-state index in [0.29, 0.717) is 55.4 Å². The Balaban J connectivity index is -0.00000128. The third-order valence-electron chi connectivity index (χ3n) is 6.64. The third-order valence-corrected chi connectivity index (χ3v) is 6.86. The normalized spacial score (nSPS) is 10.3. The van der Waals surface area contributed by atoms with Crippen LogP contribution in [-0.4, -0.2) is 41.8 Å². The van der Waals surface area contributed by atoms with Crippen LogP contribution in [0.4, 0.5) is 25.2 Å². The van der Waals surface area contributed by atoms with E-state index in [4.69, 9.17) is 43.5 Å². The first kappa shape index (κ1) is 62.9. The van der Waals surface area contributed by atoms with Crippen LogP contribution in [0.2, 0.25) is 5.02 Å². The Labute approximate surface area is 397 Å². The summed E-state index contributed by atoms with van der Waals surface area (Å²) in [5, 5.41) is 58.7. The first-order valence-corrected chi connectivity index (χ1v) is 19.8. The first-order valence-electron chi connectivity index (χ1n) is 17.4. The van der Waals surface area contributed by atoms with Gasteiger partial charge in [-0.3, -0.25) is 29.7 Å². The van der Waals surface area contributed by atoms with Gasteiger partial charge in [0.15, 0.2) is 0 Å². The number of nitriles is 4. The van der Waals surface area contributed by atoms with Crippen LogP contribution in [0.15, 0.2) is 120 Å². The second kappa shape index (κ2) is 33.2. The van der Waals surface area contributed by atoms with Crippen LogP contribution in [0.3, 0.4) is 0 Å². The second-order valence-electron chi connectivity index (χ2n) is 11.7. The van der Waals surface area contributed by atoms with Crippen molar-refractivity contribution < 1.29 is 64.4 Å². The smallest absolute Gasteiger partial charge is 0.872 e. The average Bonchev–Trinajstić information content (AvgIpc) is 3.22. The van der Waals surface area contributed by atoms with Crippen molar-refractivity contribution in [3.63, 3.8) is 0 Å². The van der Waals surface area contributed by atoms with Crippen molar-refractivity contribution in [2.45, 2.75) is 53.1 Å². The van der Waals surface area contributed by atoms with Crippen molar-refractivity contribution in [1.29, 1.82) is 21.0 Å². The topological polar surface area (TPSA) is 246 Å². The Hall–Kier alpha value is -6.40. The molecule has 0 aliphatic carbocycles. The molecular weight excluding hydrogens is 1000 g/mol. The SMILES string of the molecule is CC#N.CC#N.F[P-](F)(F)(F)(F)F.N#CN=C=[N-].N#CN=C=[N-].[Cu+2].[Cu+2].[O-]c1c(CN(Cc2ccccn2)Cc2ccccn2)cc(Cl)cc1CN(Cc1ccccn1)Cc1ccccn1. The van der Waals surface area contributed by atoms with Crippen molar-refractivity contribution >= 4 is 31.4 Å². The molecular formula is C40H36ClCu2F6N14OP. The molecule has 0 spiro atoms. The summed E-state index contributed by atoms with van der Waals surface area (Å²) in [7, 11) is -10.7. The molecule has 0 bridgehead atoms. The van der Waals surface area contributed by atoms with Gasteiger partial charge in [0.05, 0.1) is 47.3 Å². The average molecular weight is 1040 g/mol. The molecule has 348 valence electrons. The van der Waals surface area contributed by atoms with E-state index in [-0.39, 0.29) is 39.9 Å². The number of rotatable bonds is 12. The van der Waals surface area contributed by atoms with E-state index >= 15 is 0 Å². The Morgan fingerprint density at radius 2 is 0.815 bits per heavy atom. The van der Waals surface area contributed by atoms with E-state index in [1.54, 1.807) is 49.1 Å². The van der Waals surface area contributed by atoms with Crippen molar-refractivity contribution in [1.82, 2.24) is 29.7 Å². The molecule has 0 unspecified atom stereocenters. The van der Waals surface area contributed by atoms with Gasteiger partial charge < -0.3 is 25.9 Å². The molecule has 0 amide bonds. The van der Waals surface area contributed by atoms with Crippen LogP contribution in [0, 0.1) is 45.6 Å². The summed E-state index contributed by atoms with van der Waals surface area (Å²) in [6, 6.07) is 33.0. The van der Waals surface area contributed by atoms with Crippen LogP contribution in [0.25, 0.3) is 10.8 Å². The van der Waals surface area contributed by atoms with E-state index in [2.05, 4.69) is 39.7 Å². The maximum Gasteiger partial charge on any atom is 2.00 e. The van der Waals surface area contributed by atoms with Gasteiger partial charge in [-0.15, -0.1) is 12.0 Å². The summed E-state index contributed by atoms with van der Waals surface area (Å²) in [6.07, 6.45) is 9.68. The molecule has 0 aliphatic rings. The fourth-order valence-corrected chi connectivity index (χ4v) is 4.96. The monoisotopic (exact) mass is 1030 g/mol. The molecule has 0 N–H and O–H groups in total. The van der Waals surface area contributed by atoms with E-state index in [1.807, 2.05) is 72.8 Å². The molecule has 0 atom stereocenters. The molecule has 4 aromatic heterocycles. The molecule has 2 radical (unpaired) electrons. The van der Waals surface area contributed by atoms with Gasteiger partial charge in [-0.1, -0.05) is 41.6 Å². The summed E-state index contributed by atoms with van der Waals surface area (Å²) in [4.78, 5) is 27.5. The summed E-state index contributed by atoms with van der Waals surface area (Å²) >= 11 is 6.60. The molecule has 25 heteroatoms. The fourth-order valence-electron chi connectivity index (χ4n) is 4.69. The Morgan fingerprint density at radius 3 is 0.985 bits per heavy atom. The summed E-state index contributed by atoms with van der Waals surface area (Å²) in [5.41, 5.74) is 4.97. The quantitative estimate of drug-likeness (QED) is 0.0374. The van der Waals surface area contributed by atoms with Crippen LogP contribution in [-0.2, 0) is 73.4 Å². The molecule has 65 heavy (non-hydrogen) atoms. The summed E-state index contributed by atoms with van der Waals surface area (Å²) < 4.78 is 59.2. The zero-order chi connectivity index (χ0) is 47.6. The second-order valence-corrected chi connectivity index (χ2v) is 14.0. The molecule has 0 fully saturated rings. The van der Waals surface area contributed by atoms with E-state index in [9.17, 15) is 30.3 Å². The molecule has 0 aliphatic heterocycles. The number of aromatic nitrogens is 4. The number of halogens is 7. The van der Waals surface area contributed by atoms with Crippen molar-refractivity contribution in [2.24, 2.45) is 9.98 Å². The van der Waals surface area contributed by atoms with Gasteiger partial charge in [-0.05, 0) is 71.8 Å². The fraction of sp³-hybridized carbons (Fsp3) is 0.200. The van der Waals surface area contributed by atoms with Gasteiger partial charge in [0.1, 0.15) is 0 Å². The molecule has 0 saturated carbocycles. The minimum atomic E-state index is -10.7. The Kier molecular flexibility index (Phi) is 32.1. The number of hydrogen-bond acceptors (Lipinski definition) is 13. The summed E-state index contributed by atoms with van der Waals surface area (Å²) in [5.74, 6) is -0.0107. The predicted molar refractivity (Wildman–Crippen MR) is 223 cm³/mol. The molecule has 5 rings (SSSR count). The van der Waals surface area contributed by atoms with Crippen LogP contribution < -0.4 is 5.11 Å². The number of aliphatic imine (C=N–C) groups is 2. The third kappa shape index (κ3) is 36.8. The predicted octanol–water partition coefficient (Wildman–Crippen LogP) is 10.3. The van der Waals surface area contributed by atoms with Gasteiger partial charge in [0.2, 0.25) is 0 Å².